The van der Waals surface area contributed by atoms with Crippen molar-refractivity contribution in [2.24, 2.45) is 0 Å². The fourth-order valence-corrected chi connectivity index (χ4v) is 2.74. The summed E-state index contributed by atoms with van der Waals surface area (Å²) in [4.78, 5) is 12.3. The van der Waals surface area contributed by atoms with Crippen LogP contribution >= 0.6 is 0 Å². The van der Waals surface area contributed by atoms with E-state index in [-0.39, 0.29) is 18.7 Å². The van der Waals surface area contributed by atoms with Crippen LogP contribution in [0.3, 0.4) is 0 Å². The number of anilines is 1. The van der Waals surface area contributed by atoms with Crippen LogP contribution in [0.4, 0.5) is 10.5 Å². The third-order valence-corrected chi connectivity index (χ3v) is 3.92. The molecule has 0 spiro atoms. The van der Waals surface area contributed by atoms with Crippen LogP contribution in [0.15, 0.2) is 72.8 Å². The number of nitrogens with one attached hydrogen (secondary N) is 2. The van der Waals surface area contributed by atoms with Crippen molar-refractivity contribution >= 4 is 22.5 Å². The topological polar surface area (TPSA) is 61.4 Å². The predicted molar refractivity (Wildman–Crippen MR) is 97.1 cm³/mol. The fraction of sp³-hybridized carbons (Fsp3) is 0.150. The summed E-state index contributed by atoms with van der Waals surface area (Å²) in [5.74, 6) is 0. The van der Waals surface area contributed by atoms with Crippen molar-refractivity contribution in [1.29, 1.82) is 0 Å². The van der Waals surface area contributed by atoms with Gasteiger partial charge in [-0.1, -0.05) is 66.7 Å². The summed E-state index contributed by atoms with van der Waals surface area (Å²) in [5.41, 5.74) is 1.82. The van der Waals surface area contributed by atoms with Crippen LogP contribution in [0.5, 0.6) is 0 Å². The SMILES string of the molecule is O=C(Nc1cccc2ccccc12)NC(CO)Cc1ccccc1. The Hall–Kier alpha value is -2.85. The van der Waals surface area contributed by atoms with Gasteiger partial charge in [0.05, 0.1) is 18.3 Å². The summed E-state index contributed by atoms with van der Waals surface area (Å²) >= 11 is 0. The van der Waals surface area contributed by atoms with E-state index in [9.17, 15) is 9.90 Å². The van der Waals surface area contributed by atoms with Crippen LogP contribution in [0, 0.1) is 0 Å². The molecule has 0 aliphatic rings. The van der Waals surface area contributed by atoms with Crippen LogP contribution in [0.25, 0.3) is 10.8 Å². The number of carbonyl (C=O) groups is 1. The van der Waals surface area contributed by atoms with Gasteiger partial charge in [-0.15, -0.1) is 0 Å². The molecule has 3 aromatic carbocycles. The summed E-state index contributed by atoms with van der Waals surface area (Å²) in [5, 5.41) is 17.3. The van der Waals surface area contributed by atoms with Crippen LogP contribution in [-0.4, -0.2) is 23.8 Å². The zero-order valence-corrected chi connectivity index (χ0v) is 13.3. The van der Waals surface area contributed by atoms with Crippen LogP contribution < -0.4 is 10.6 Å². The number of fused-ring (bicyclic) bond motifs is 1. The monoisotopic (exact) mass is 320 g/mol. The van der Waals surface area contributed by atoms with Crippen molar-refractivity contribution in [2.45, 2.75) is 12.5 Å². The lowest BCUT2D eigenvalue weighted by Gasteiger charge is -2.17. The number of benzene rings is 3. The molecule has 1 atom stereocenters. The number of aliphatic hydroxyl groups is 1. The van der Waals surface area contributed by atoms with Crippen molar-refractivity contribution in [2.75, 3.05) is 11.9 Å². The van der Waals surface area contributed by atoms with Crippen LogP contribution in [-0.2, 0) is 6.42 Å². The molecule has 2 amide bonds. The highest BCUT2D eigenvalue weighted by Gasteiger charge is 2.13. The van der Waals surface area contributed by atoms with Crippen molar-refractivity contribution in [1.82, 2.24) is 5.32 Å². The molecule has 3 rings (SSSR count). The first-order valence-corrected chi connectivity index (χ1v) is 7.96. The molecule has 0 aliphatic heterocycles. The van der Waals surface area contributed by atoms with E-state index < -0.39 is 0 Å². The standard InChI is InChI=1S/C20H20N2O2/c23-14-17(13-15-7-2-1-3-8-15)21-20(24)22-19-12-6-10-16-9-4-5-11-18(16)19/h1-12,17,23H,13-14H2,(H2,21,22,24). The van der Waals surface area contributed by atoms with E-state index in [1.807, 2.05) is 72.8 Å². The molecule has 0 radical (unpaired) electrons. The molecule has 4 heteroatoms. The average Bonchev–Trinajstić information content (AvgIpc) is 2.62. The van der Waals surface area contributed by atoms with Gasteiger partial charge in [-0.25, -0.2) is 4.79 Å². The fourth-order valence-electron chi connectivity index (χ4n) is 2.74. The molecule has 0 bridgehead atoms. The van der Waals surface area contributed by atoms with Gasteiger partial charge < -0.3 is 15.7 Å². The summed E-state index contributed by atoms with van der Waals surface area (Å²) in [6, 6.07) is 22.8. The second kappa shape index (κ2) is 7.62. The number of carbonyl (C=O) groups excluding carboxylic acids is 1. The Kier molecular flexibility index (Phi) is 5.08. The van der Waals surface area contributed by atoms with E-state index in [1.165, 1.54) is 0 Å². The molecular weight excluding hydrogens is 300 g/mol. The lowest BCUT2D eigenvalue weighted by atomic mass is 10.1. The lowest BCUT2D eigenvalue weighted by molar-refractivity contribution is 0.224. The molecule has 122 valence electrons. The highest BCUT2D eigenvalue weighted by Crippen LogP contribution is 2.22. The minimum absolute atomic E-state index is 0.113. The van der Waals surface area contributed by atoms with Crippen molar-refractivity contribution in [3.63, 3.8) is 0 Å². The Labute approximate surface area is 141 Å². The van der Waals surface area contributed by atoms with Crippen LogP contribution in [0.1, 0.15) is 5.56 Å². The smallest absolute Gasteiger partial charge is 0.319 e. The number of hydrogen-bond acceptors (Lipinski definition) is 2. The number of urea groups is 1. The summed E-state index contributed by atoms with van der Waals surface area (Å²) < 4.78 is 0. The van der Waals surface area contributed by atoms with Gasteiger partial charge in [0.15, 0.2) is 0 Å². The molecule has 3 aromatic rings. The van der Waals surface area contributed by atoms with E-state index in [0.29, 0.717) is 6.42 Å². The first kappa shape index (κ1) is 16.0. The van der Waals surface area contributed by atoms with Gasteiger partial charge in [0.2, 0.25) is 0 Å². The van der Waals surface area contributed by atoms with E-state index in [0.717, 1.165) is 22.0 Å². The number of hydrogen-bond donors (Lipinski definition) is 3. The Balaban J connectivity index is 1.67. The first-order chi connectivity index (χ1) is 11.8. The minimum Gasteiger partial charge on any atom is -0.394 e. The number of aliphatic hydroxyl groups excluding tert-OH is 1. The van der Waals surface area contributed by atoms with Gasteiger partial charge in [0, 0.05) is 5.39 Å². The lowest BCUT2D eigenvalue weighted by Crippen LogP contribution is -2.41. The molecule has 0 saturated heterocycles. The van der Waals surface area contributed by atoms with Gasteiger partial charge in [-0.2, -0.15) is 0 Å². The van der Waals surface area contributed by atoms with Gasteiger partial charge >= 0.3 is 6.03 Å². The third kappa shape index (κ3) is 3.91. The normalized spacial score (nSPS) is 11.9. The second-order valence-electron chi connectivity index (χ2n) is 5.69. The molecule has 0 saturated carbocycles. The maximum Gasteiger partial charge on any atom is 0.319 e. The maximum absolute atomic E-state index is 12.3. The molecule has 3 N–H and O–H groups in total. The molecule has 24 heavy (non-hydrogen) atoms. The summed E-state index contributed by atoms with van der Waals surface area (Å²) in [6.45, 7) is -0.113. The second-order valence-corrected chi connectivity index (χ2v) is 5.69. The molecule has 0 fully saturated rings. The zero-order valence-electron chi connectivity index (χ0n) is 13.3. The average molecular weight is 320 g/mol. The Bertz CT molecular complexity index is 813. The highest BCUT2D eigenvalue weighted by molar-refractivity contribution is 6.01. The quantitative estimate of drug-likeness (QED) is 0.673. The van der Waals surface area contributed by atoms with Gasteiger partial charge in [-0.3, -0.25) is 0 Å². The molecule has 0 heterocycles. The molecule has 0 aromatic heterocycles. The Morgan fingerprint density at radius 3 is 2.42 bits per heavy atom. The molecule has 4 nitrogen and oxygen atoms in total. The van der Waals surface area contributed by atoms with Crippen molar-refractivity contribution < 1.29 is 9.90 Å². The molecule has 0 aliphatic carbocycles. The predicted octanol–water partition coefficient (Wildman–Crippen LogP) is 3.56. The van der Waals surface area contributed by atoms with Gasteiger partial charge in [0.1, 0.15) is 0 Å². The molecular formula is C20H20N2O2. The highest BCUT2D eigenvalue weighted by atomic mass is 16.3. The number of amides is 2. The van der Waals surface area contributed by atoms with Crippen molar-refractivity contribution in [3.8, 4) is 0 Å². The van der Waals surface area contributed by atoms with E-state index in [4.69, 9.17) is 0 Å². The van der Waals surface area contributed by atoms with E-state index in [1.54, 1.807) is 0 Å². The number of rotatable bonds is 5. The first-order valence-electron chi connectivity index (χ1n) is 7.96. The van der Waals surface area contributed by atoms with E-state index in [2.05, 4.69) is 10.6 Å². The Morgan fingerprint density at radius 1 is 0.917 bits per heavy atom. The largest absolute Gasteiger partial charge is 0.394 e. The summed E-state index contributed by atoms with van der Waals surface area (Å²) in [6.07, 6.45) is 0.584. The zero-order chi connectivity index (χ0) is 16.8. The van der Waals surface area contributed by atoms with Gasteiger partial charge in [-0.05, 0) is 23.4 Å². The molecule has 1 unspecified atom stereocenters. The van der Waals surface area contributed by atoms with E-state index >= 15 is 0 Å². The third-order valence-electron chi connectivity index (χ3n) is 3.92. The van der Waals surface area contributed by atoms with Crippen molar-refractivity contribution in [3.05, 3.63) is 78.4 Å². The van der Waals surface area contributed by atoms with Gasteiger partial charge in [0.25, 0.3) is 0 Å². The maximum atomic E-state index is 12.3. The van der Waals surface area contributed by atoms with Crippen LogP contribution in [0.2, 0.25) is 0 Å². The Morgan fingerprint density at radius 2 is 1.62 bits per heavy atom. The summed E-state index contributed by atoms with van der Waals surface area (Å²) in [7, 11) is 0. The minimum atomic E-state index is -0.331.